The van der Waals surface area contributed by atoms with Crippen molar-refractivity contribution in [1.29, 1.82) is 0 Å². The highest BCUT2D eigenvalue weighted by Gasteiger charge is 2.56. The van der Waals surface area contributed by atoms with Crippen LogP contribution < -0.4 is 0 Å². The molecule has 0 N–H and O–H groups in total. The van der Waals surface area contributed by atoms with Gasteiger partial charge in [0.05, 0.1) is 17.2 Å². The highest BCUT2D eigenvalue weighted by Crippen LogP contribution is 2.34. The van der Waals surface area contributed by atoms with Crippen LogP contribution in [0.5, 0.6) is 0 Å². The molecule has 1 unspecified atom stereocenters. The molecule has 9 heteroatoms. The van der Waals surface area contributed by atoms with Crippen LogP contribution in [0.15, 0.2) is 24.3 Å². The first kappa shape index (κ1) is 16.3. The van der Waals surface area contributed by atoms with Gasteiger partial charge in [-0.25, -0.2) is 12.8 Å². The number of halogens is 1. The van der Waals surface area contributed by atoms with E-state index in [-0.39, 0.29) is 24.3 Å². The minimum absolute atomic E-state index is 0.0966. The van der Waals surface area contributed by atoms with Gasteiger partial charge in [0.1, 0.15) is 0 Å². The SMILES string of the molecule is CCS(=O)(=O)C1(F)CCN(Cc2ccccc2[N+](=O)[O-])C1=O. The van der Waals surface area contributed by atoms with Crippen molar-refractivity contribution in [3.63, 3.8) is 0 Å². The molecule has 0 aromatic heterocycles. The lowest BCUT2D eigenvalue weighted by molar-refractivity contribution is -0.385. The van der Waals surface area contributed by atoms with Crippen LogP contribution >= 0.6 is 0 Å². The maximum atomic E-state index is 14.6. The summed E-state index contributed by atoms with van der Waals surface area (Å²) in [4.78, 5) is 23.5. The van der Waals surface area contributed by atoms with E-state index in [9.17, 15) is 27.7 Å². The minimum atomic E-state index is -4.19. The van der Waals surface area contributed by atoms with Crippen LogP contribution in [-0.4, -0.2) is 41.4 Å². The molecule has 1 aliphatic heterocycles. The van der Waals surface area contributed by atoms with Gasteiger partial charge in [0.2, 0.25) is 0 Å². The van der Waals surface area contributed by atoms with E-state index < -0.39 is 37.8 Å². The number of nitro groups is 1. The van der Waals surface area contributed by atoms with Gasteiger partial charge in [0.15, 0.2) is 9.84 Å². The molecule has 0 aliphatic carbocycles. The summed E-state index contributed by atoms with van der Waals surface area (Å²) in [5, 5.41) is 8.02. The van der Waals surface area contributed by atoms with E-state index in [0.717, 1.165) is 4.90 Å². The van der Waals surface area contributed by atoms with Crippen LogP contribution in [0.4, 0.5) is 10.1 Å². The number of hydrogen-bond acceptors (Lipinski definition) is 5. The summed E-state index contributed by atoms with van der Waals surface area (Å²) in [6, 6.07) is 5.78. The Morgan fingerprint density at radius 1 is 1.41 bits per heavy atom. The van der Waals surface area contributed by atoms with Crippen molar-refractivity contribution in [2.75, 3.05) is 12.3 Å². The summed E-state index contributed by atoms with van der Waals surface area (Å²) in [6.07, 6.45) is -0.456. The fourth-order valence-corrected chi connectivity index (χ4v) is 3.67. The first-order valence-electron chi connectivity index (χ1n) is 6.66. The van der Waals surface area contributed by atoms with Crippen LogP contribution in [0.1, 0.15) is 18.9 Å². The average Bonchev–Trinajstić information content (AvgIpc) is 2.77. The first-order valence-corrected chi connectivity index (χ1v) is 8.31. The molecule has 1 fully saturated rings. The number of benzene rings is 1. The Hall–Kier alpha value is -2.03. The number of para-hydroxylation sites is 1. The zero-order valence-electron chi connectivity index (χ0n) is 11.9. The highest BCUT2D eigenvalue weighted by atomic mass is 32.2. The van der Waals surface area contributed by atoms with Gasteiger partial charge in [-0.2, -0.15) is 0 Å². The molecule has 1 aromatic rings. The Morgan fingerprint density at radius 3 is 2.64 bits per heavy atom. The van der Waals surface area contributed by atoms with Crippen molar-refractivity contribution in [3.8, 4) is 0 Å². The number of rotatable bonds is 5. The Bertz CT molecular complexity index is 721. The minimum Gasteiger partial charge on any atom is -0.334 e. The molecule has 1 atom stereocenters. The van der Waals surface area contributed by atoms with E-state index in [1.54, 1.807) is 6.07 Å². The quantitative estimate of drug-likeness (QED) is 0.601. The number of nitro benzene ring substituents is 1. The molecule has 0 radical (unpaired) electrons. The maximum Gasteiger partial charge on any atom is 0.289 e. The van der Waals surface area contributed by atoms with E-state index in [1.807, 2.05) is 0 Å². The van der Waals surface area contributed by atoms with Crippen LogP contribution in [0.25, 0.3) is 0 Å². The largest absolute Gasteiger partial charge is 0.334 e. The number of likely N-dealkylation sites (tertiary alicyclic amines) is 1. The number of amides is 1. The zero-order chi connectivity index (χ0) is 16.5. The second-order valence-electron chi connectivity index (χ2n) is 4.99. The molecule has 1 amide bonds. The fourth-order valence-electron chi connectivity index (χ4n) is 2.42. The number of nitrogens with zero attached hydrogens (tertiary/aromatic N) is 2. The predicted octanol–water partition coefficient (Wildman–Crippen LogP) is 1.43. The number of hydrogen-bond donors (Lipinski definition) is 0. The molecule has 2 rings (SSSR count). The number of sulfone groups is 1. The highest BCUT2D eigenvalue weighted by molar-refractivity contribution is 7.93. The van der Waals surface area contributed by atoms with Crippen molar-refractivity contribution < 1.29 is 22.5 Å². The van der Waals surface area contributed by atoms with Crippen molar-refractivity contribution in [1.82, 2.24) is 4.90 Å². The lowest BCUT2D eigenvalue weighted by Crippen LogP contribution is -2.43. The van der Waals surface area contributed by atoms with Gasteiger partial charge in [-0.05, 0) is 0 Å². The molecule has 0 saturated carbocycles. The molecule has 120 valence electrons. The van der Waals surface area contributed by atoms with Gasteiger partial charge in [-0.15, -0.1) is 0 Å². The molecule has 1 heterocycles. The van der Waals surface area contributed by atoms with Gasteiger partial charge >= 0.3 is 0 Å². The zero-order valence-corrected chi connectivity index (χ0v) is 12.7. The summed E-state index contributed by atoms with van der Waals surface area (Å²) >= 11 is 0. The molecular formula is C13H15FN2O5S. The van der Waals surface area contributed by atoms with Crippen molar-refractivity contribution in [3.05, 3.63) is 39.9 Å². The lowest BCUT2D eigenvalue weighted by atomic mass is 10.1. The summed E-state index contributed by atoms with van der Waals surface area (Å²) in [6.45, 7) is 0.982. The normalized spacial score (nSPS) is 22.1. The molecule has 1 aliphatic rings. The summed E-state index contributed by atoms with van der Waals surface area (Å²) in [7, 11) is -4.19. The first-order chi connectivity index (χ1) is 10.2. The van der Waals surface area contributed by atoms with Gasteiger partial charge < -0.3 is 4.90 Å². The third-order valence-electron chi connectivity index (χ3n) is 3.73. The summed E-state index contributed by atoms with van der Waals surface area (Å²) in [5.74, 6) is -1.62. The van der Waals surface area contributed by atoms with Gasteiger partial charge in [0, 0.05) is 24.6 Å². The second kappa shape index (κ2) is 5.64. The number of carbonyl (C=O) groups excluding carboxylic acids is 1. The van der Waals surface area contributed by atoms with Gasteiger partial charge in [0.25, 0.3) is 16.6 Å². The van der Waals surface area contributed by atoms with Crippen LogP contribution in [-0.2, 0) is 21.2 Å². The van der Waals surface area contributed by atoms with E-state index >= 15 is 0 Å². The second-order valence-corrected chi connectivity index (χ2v) is 7.45. The van der Waals surface area contributed by atoms with E-state index in [2.05, 4.69) is 0 Å². The maximum absolute atomic E-state index is 14.6. The van der Waals surface area contributed by atoms with E-state index in [4.69, 9.17) is 0 Å². The van der Waals surface area contributed by atoms with E-state index in [1.165, 1.54) is 25.1 Å². The number of alkyl halides is 1. The molecule has 0 spiro atoms. The molecule has 7 nitrogen and oxygen atoms in total. The summed E-state index contributed by atoms with van der Waals surface area (Å²) < 4.78 is 38.1. The van der Waals surface area contributed by atoms with Crippen molar-refractivity contribution in [2.45, 2.75) is 24.9 Å². The predicted molar refractivity (Wildman–Crippen MR) is 76.4 cm³/mol. The third-order valence-corrected chi connectivity index (χ3v) is 5.86. The Labute approximate surface area is 126 Å². The van der Waals surface area contributed by atoms with Gasteiger partial charge in [-0.1, -0.05) is 25.1 Å². The standard InChI is InChI=1S/C13H15FN2O5S/c1-2-22(20,21)13(14)7-8-15(12(13)17)9-10-5-3-4-6-11(10)16(18)19/h3-6H,2,7-9H2,1H3. The molecule has 1 saturated heterocycles. The molecule has 1 aromatic carbocycles. The van der Waals surface area contributed by atoms with Crippen LogP contribution in [0, 0.1) is 10.1 Å². The molecule has 0 bridgehead atoms. The van der Waals surface area contributed by atoms with Crippen LogP contribution in [0.2, 0.25) is 0 Å². The summed E-state index contributed by atoms with van der Waals surface area (Å²) in [5.41, 5.74) is 0.0454. The van der Waals surface area contributed by atoms with Crippen LogP contribution in [0.3, 0.4) is 0 Å². The van der Waals surface area contributed by atoms with E-state index in [0.29, 0.717) is 0 Å². The van der Waals surface area contributed by atoms with Gasteiger partial charge in [-0.3, -0.25) is 14.9 Å². The van der Waals surface area contributed by atoms with Crippen molar-refractivity contribution >= 4 is 21.4 Å². The lowest BCUT2D eigenvalue weighted by Gasteiger charge is -2.20. The monoisotopic (exact) mass is 330 g/mol. The number of carbonyl (C=O) groups is 1. The molecule has 22 heavy (non-hydrogen) atoms. The fraction of sp³-hybridized carbons (Fsp3) is 0.462. The topological polar surface area (TPSA) is 97.6 Å². The third kappa shape index (κ3) is 2.56. The smallest absolute Gasteiger partial charge is 0.289 e. The molecular weight excluding hydrogens is 315 g/mol. The Balaban J connectivity index is 2.28. The van der Waals surface area contributed by atoms with Crippen molar-refractivity contribution in [2.24, 2.45) is 0 Å². The average molecular weight is 330 g/mol. The Morgan fingerprint density at radius 2 is 2.05 bits per heavy atom. The Kier molecular flexibility index (Phi) is 4.19.